The third kappa shape index (κ3) is 2.93. The van der Waals surface area contributed by atoms with Gasteiger partial charge < -0.3 is 14.9 Å². The summed E-state index contributed by atoms with van der Waals surface area (Å²) in [7, 11) is 0. The summed E-state index contributed by atoms with van der Waals surface area (Å²) < 4.78 is 12.5. The Morgan fingerprint density at radius 2 is 2.00 bits per heavy atom. The first-order valence-corrected chi connectivity index (χ1v) is 7.63. The van der Waals surface area contributed by atoms with Crippen molar-refractivity contribution in [1.29, 1.82) is 0 Å². The van der Waals surface area contributed by atoms with E-state index >= 15 is 0 Å². The summed E-state index contributed by atoms with van der Waals surface area (Å²) in [5.74, 6) is 1.37. The number of hydrogen-bond acceptors (Lipinski definition) is 3. The molecule has 0 aliphatic rings. The molecule has 3 nitrogen and oxygen atoms in total. The molecule has 0 aliphatic heterocycles. The van der Waals surface area contributed by atoms with Gasteiger partial charge in [0.2, 0.25) is 0 Å². The van der Waals surface area contributed by atoms with Gasteiger partial charge >= 0.3 is 0 Å². The van der Waals surface area contributed by atoms with E-state index in [0.717, 1.165) is 26.8 Å². The first-order valence-electron chi connectivity index (χ1n) is 6.46. The number of para-hydroxylation sites is 1. The Labute approximate surface area is 135 Å². The van der Waals surface area contributed by atoms with Gasteiger partial charge in [-0.2, -0.15) is 0 Å². The lowest BCUT2D eigenvalue weighted by atomic mass is 10.1. The number of rotatable bonds is 4. The number of hydrogen-bond donors (Lipinski definition) is 1. The van der Waals surface area contributed by atoms with Crippen molar-refractivity contribution in [2.75, 3.05) is 0 Å². The van der Waals surface area contributed by atoms with Crippen LogP contribution in [-0.4, -0.2) is 0 Å². The average molecular weight is 367 g/mol. The van der Waals surface area contributed by atoms with E-state index in [-0.39, 0.29) is 0 Å². The first kappa shape index (κ1) is 14.4. The highest BCUT2D eigenvalue weighted by atomic mass is 79.9. The number of furan rings is 1. The minimum absolute atomic E-state index is 0.335. The summed E-state index contributed by atoms with van der Waals surface area (Å²) in [6.45, 7) is 0.701. The van der Waals surface area contributed by atoms with Gasteiger partial charge in [-0.3, -0.25) is 0 Å². The Bertz CT molecular complexity index is 785. The zero-order chi connectivity index (χ0) is 14.8. The fourth-order valence-electron chi connectivity index (χ4n) is 2.21. The van der Waals surface area contributed by atoms with Crippen molar-refractivity contribution < 1.29 is 9.15 Å². The minimum Gasteiger partial charge on any atom is -0.487 e. The van der Waals surface area contributed by atoms with E-state index in [4.69, 9.17) is 26.5 Å². The highest BCUT2D eigenvalue weighted by Crippen LogP contribution is 2.31. The van der Waals surface area contributed by atoms with Gasteiger partial charge in [-0.25, -0.2) is 0 Å². The van der Waals surface area contributed by atoms with E-state index < -0.39 is 0 Å². The summed E-state index contributed by atoms with van der Waals surface area (Å²) >= 11 is 9.53. The lowest BCUT2D eigenvalue weighted by molar-refractivity contribution is 0.303. The molecule has 21 heavy (non-hydrogen) atoms. The summed E-state index contributed by atoms with van der Waals surface area (Å²) in [6.07, 6.45) is 0. The van der Waals surface area contributed by atoms with Gasteiger partial charge in [0.15, 0.2) is 0 Å². The van der Waals surface area contributed by atoms with Crippen LogP contribution in [0.3, 0.4) is 0 Å². The molecule has 0 unspecified atom stereocenters. The van der Waals surface area contributed by atoms with E-state index in [0.29, 0.717) is 23.9 Å². The van der Waals surface area contributed by atoms with Crippen LogP contribution < -0.4 is 10.5 Å². The molecule has 0 bridgehead atoms. The van der Waals surface area contributed by atoms with Crippen molar-refractivity contribution in [2.45, 2.75) is 13.2 Å². The summed E-state index contributed by atoms with van der Waals surface area (Å²) in [5, 5.41) is 1.58. The van der Waals surface area contributed by atoms with Crippen LogP contribution in [0.2, 0.25) is 5.02 Å². The molecule has 0 aliphatic carbocycles. The fraction of sp³-hybridized carbons (Fsp3) is 0.125. The zero-order valence-electron chi connectivity index (χ0n) is 11.1. The quantitative estimate of drug-likeness (QED) is 0.715. The second-order valence-electron chi connectivity index (χ2n) is 4.57. The molecular formula is C16H13BrClNO2. The highest BCUT2D eigenvalue weighted by Gasteiger charge is 2.14. The molecule has 0 saturated carbocycles. The molecule has 0 spiro atoms. The maximum atomic E-state index is 6.16. The number of halogens is 2. The van der Waals surface area contributed by atoms with Crippen molar-refractivity contribution in [3.05, 3.63) is 63.3 Å². The molecule has 5 heteroatoms. The standard InChI is InChI=1S/C16H13BrClNO2/c17-10-5-6-15(13(18)7-10)20-9-12-11-3-1-2-4-14(11)21-16(12)8-19/h1-7H,8-9,19H2. The highest BCUT2D eigenvalue weighted by molar-refractivity contribution is 9.10. The largest absolute Gasteiger partial charge is 0.487 e. The van der Waals surface area contributed by atoms with Crippen LogP contribution in [0.25, 0.3) is 11.0 Å². The van der Waals surface area contributed by atoms with Crippen molar-refractivity contribution in [2.24, 2.45) is 5.73 Å². The Balaban J connectivity index is 1.91. The van der Waals surface area contributed by atoms with Gasteiger partial charge in [-0.1, -0.05) is 45.7 Å². The number of fused-ring (bicyclic) bond motifs is 1. The van der Waals surface area contributed by atoms with E-state index in [2.05, 4.69) is 15.9 Å². The van der Waals surface area contributed by atoms with E-state index in [9.17, 15) is 0 Å². The van der Waals surface area contributed by atoms with Crippen LogP contribution in [-0.2, 0) is 13.2 Å². The van der Waals surface area contributed by atoms with Crippen molar-refractivity contribution in [1.82, 2.24) is 0 Å². The normalized spacial score (nSPS) is 11.0. The Morgan fingerprint density at radius 1 is 1.19 bits per heavy atom. The lowest BCUT2D eigenvalue weighted by Crippen LogP contribution is -2.02. The molecule has 1 heterocycles. The van der Waals surface area contributed by atoms with Crippen molar-refractivity contribution >= 4 is 38.5 Å². The Hall–Kier alpha value is -1.49. The van der Waals surface area contributed by atoms with Crippen LogP contribution >= 0.6 is 27.5 Å². The van der Waals surface area contributed by atoms with Gasteiger partial charge in [0, 0.05) is 15.4 Å². The van der Waals surface area contributed by atoms with Gasteiger partial charge in [-0.05, 0) is 24.3 Å². The first-order chi connectivity index (χ1) is 10.2. The predicted octanol–water partition coefficient (Wildman–Crippen LogP) is 4.89. The van der Waals surface area contributed by atoms with Crippen LogP contribution in [0.4, 0.5) is 0 Å². The van der Waals surface area contributed by atoms with Gasteiger partial charge in [0.05, 0.1) is 11.6 Å². The smallest absolute Gasteiger partial charge is 0.138 e. The molecule has 108 valence electrons. The van der Waals surface area contributed by atoms with Crippen LogP contribution in [0.15, 0.2) is 51.4 Å². The summed E-state index contributed by atoms with van der Waals surface area (Å²) in [6, 6.07) is 13.3. The number of ether oxygens (including phenoxy) is 1. The molecular weight excluding hydrogens is 354 g/mol. The SMILES string of the molecule is NCc1oc2ccccc2c1COc1ccc(Br)cc1Cl. The van der Waals surface area contributed by atoms with Crippen molar-refractivity contribution in [3.8, 4) is 5.75 Å². The molecule has 2 aromatic carbocycles. The summed E-state index contributed by atoms with van der Waals surface area (Å²) in [5.41, 5.74) is 7.53. The molecule has 3 aromatic rings. The molecule has 0 atom stereocenters. The number of nitrogens with two attached hydrogens (primary N) is 1. The molecule has 3 rings (SSSR count). The van der Waals surface area contributed by atoms with Crippen LogP contribution in [0.1, 0.15) is 11.3 Å². The van der Waals surface area contributed by atoms with Gasteiger partial charge in [0.1, 0.15) is 23.7 Å². The monoisotopic (exact) mass is 365 g/mol. The van der Waals surface area contributed by atoms with Crippen molar-refractivity contribution in [3.63, 3.8) is 0 Å². The minimum atomic E-state index is 0.335. The van der Waals surface area contributed by atoms with E-state index in [1.54, 1.807) is 6.07 Å². The molecule has 0 radical (unpaired) electrons. The predicted molar refractivity (Wildman–Crippen MR) is 87.6 cm³/mol. The Kier molecular flexibility index (Phi) is 4.19. The second kappa shape index (κ2) is 6.10. The fourth-order valence-corrected chi connectivity index (χ4v) is 2.94. The maximum Gasteiger partial charge on any atom is 0.138 e. The second-order valence-corrected chi connectivity index (χ2v) is 5.89. The molecule has 0 saturated heterocycles. The van der Waals surface area contributed by atoms with Crippen LogP contribution in [0.5, 0.6) is 5.75 Å². The van der Waals surface area contributed by atoms with Gasteiger partial charge in [-0.15, -0.1) is 0 Å². The average Bonchev–Trinajstić information content (AvgIpc) is 2.84. The lowest BCUT2D eigenvalue weighted by Gasteiger charge is -2.08. The third-order valence-corrected chi connectivity index (χ3v) is 4.02. The Morgan fingerprint density at radius 3 is 2.76 bits per heavy atom. The molecule has 0 fully saturated rings. The van der Waals surface area contributed by atoms with Gasteiger partial charge in [0.25, 0.3) is 0 Å². The molecule has 0 amide bonds. The maximum absolute atomic E-state index is 6.16. The summed E-state index contributed by atoms with van der Waals surface area (Å²) in [4.78, 5) is 0. The van der Waals surface area contributed by atoms with E-state index in [1.807, 2.05) is 36.4 Å². The molecule has 1 aromatic heterocycles. The third-order valence-electron chi connectivity index (χ3n) is 3.23. The topological polar surface area (TPSA) is 48.4 Å². The van der Waals surface area contributed by atoms with E-state index in [1.165, 1.54) is 0 Å². The number of benzene rings is 2. The zero-order valence-corrected chi connectivity index (χ0v) is 13.4. The van der Waals surface area contributed by atoms with Crippen LogP contribution in [0, 0.1) is 0 Å². The molecule has 2 N–H and O–H groups in total.